The van der Waals surface area contributed by atoms with Crippen molar-refractivity contribution in [2.45, 2.75) is 13.8 Å². The van der Waals surface area contributed by atoms with Crippen molar-refractivity contribution in [1.29, 1.82) is 0 Å². The van der Waals surface area contributed by atoms with Gasteiger partial charge in [-0.25, -0.2) is 5.06 Å². The number of fused-ring (bicyclic) bond motifs is 2. The Morgan fingerprint density at radius 1 is 0.625 bits per heavy atom. The highest BCUT2D eigenvalue weighted by Gasteiger charge is 2.11. The van der Waals surface area contributed by atoms with Crippen LogP contribution in [0.25, 0.3) is 21.5 Å². The first-order valence-corrected chi connectivity index (χ1v) is 8.11. The van der Waals surface area contributed by atoms with Crippen LogP contribution < -0.4 is 5.06 Å². The maximum absolute atomic E-state index is 10.8. The van der Waals surface area contributed by atoms with Crippen LogP contribution >= 0.6 is 0 Å². The molecular formula is C22H19NO. The Morgan fingerprint density at radius 3 is 1.50 bits per heavy atom. The molecule has 0 aromatic heterocycles. The molecule has 0 heterocycles. The topological polar surface area (TPSA) is 23.5 Å². The highest BCUT2D eigenvalue weighted by atomic mass is 16.5. The molecule has 0 fully saturated rings. The zero-order valence-corrected chi connectivity index (χ0v) is 13.8. The standard InChI is InChI=1S/C22H19NO/c1-15-11-19(13-17-7-3-5-9-21(15)17)23(24)20-12-16(2)22-10-6-4-8-18(22)14-20/h3-14,24H,1-2H3. The number of hydrogen-bond donors (Lipinski definition) is 1. The van der Waals surface area contributed by atoms with E-state index in [1.54, 1.807) is 0 Å². The van der Waals surface area contributed by atoms with Gasteiger partial charge in [0, 0.05) is 0 Å². The lowest BCUT2D eigenvalue weighted by molar-refractivity contribution is 0.301. The van der Waals surface area contributed by atoms with Gasteiger partial charge in [-0.3, -0.25) is 5.21 Å². The molecule has 1 N–H and O–H groups in total. The van der Waals surface area contributed by atoms with Gasteiger partial charge in [-0.2, -0.15) is 0 Å². The van der Waals surface area contributed by atoms with Gasteiger partial charge in [0.25, 0.3) is 0 Å². The molecule has 4 aromatic carbocycles. The maximum Gasteiger partial charge on any atom is 0.0702 e. The maximum atomic E-state index is 10.8. The largest absolute Gasteiger partial charge is 0.284 e. The predicted octanol–water partition coefficient (Wildman–Crippen LogP) is 6.14. The number of aryl methyl sites for hydroxylation is 2. The van der Waals surface area contributed by atoms with Crippen molar-refractivity contribution in [1.82, 2.24) is 0 Å². The molecule has 118 valence electrons. The van der Waals surface area contributed by atoms with E-state index in [0.717, 1.165) is 33.3 Å². The molecule has 0 radical (unpaired) electrons. The van der Waals surface area contributed by atoms with Gasteiger partial charge in [0.15, 0.2) is 0 Å². The van der Waals surface area contributed by atoms with Gasteiger partial charge in [-0.15, -0.1) is 0 Å². The van der Waals surface area contributed by atoms with Gasteiger partial charge < -0.3 is 0 Å². The van der Waals surface area contributed by atoms with Crippen molar-refractivity contribution >= 4 is 32.9 Å². The van der Waals surface area contributed by atoms with E-state index in [2.05, 4.69) is 38.1 Å². The average Bonchev–Trinajstić information content (AvgIpc) is 2.61. The molecule has 0 saturated carbocycles. The molecule has 0 bridgehead atoms. The van der Waals surface area contributed by atoms with E-state index in [9.17, 15) is 5.21 Å². The zero-order chi connectivity index (χ0) is 16.7. The third-order valence-corrected chi connectivity index (χ3v) is 4.60. The fourth-order valence-corrected chi connectivity index (χ4v) is 3.36. The molecule has 2 heteroatoms. The van der Waals surface area contributed by atoms with Crippen LogP contribution in [-0.2, 0) is 0 Å². The Morgan fingerprint density at radius 2 is 1.04 bits per heavy atom. The van der Waals surface area contributed by atoms with Crippen LogP contribution in [0.1, 0.15) is 11.1 Å². The number of anilines is 2. The molecule has 24 heavy (non-hydrogen) atoms. The second-order valence-corrected chi connectivity index (χ2v) is 6.28. The van der Waals surface area contributed by atoms with Crippen molar-refractivity contribution in [3.63, 3.8) is 0 Å². The summed E-state index contributed by atoms with van der Waals surface area (Å²) in [4.78, 5) is 0. The Hall–Kier alpha value is -2.84. The zero-order valence-electron chi connectivity index (χ0n) is 13.8. The number of rotatable bonds is 2. The number of hydrogen-bond acceptors (Lipinski definition) is 2. The van der Waals surface area contributed by atoms with E-state index >= 15 is 0 Å². The van der Waals surface area contributed by atoms with Crippen LogP contribution in [0.15, 0.2) is 72.8 Å². The molecule has 0 aliphatic carbocycles. The molecule has 4 aromatic rings. The fraction of sp³-hybridized carbons (Fsp3) is 0.0909. The minimum absolute atomic E-state index is 0.779. The van der Waals surface area contributed by atoms with E-state index in [1.807, 2.05) is 48.5 Å². The van der Waals surface area contributed by atoms with E-state index in [0.29, 0.717) is 0 Å². The third-order valence-electron chi connectivity index (χ3n) is 4.60. The Kier molecular flexibility index (Phi) is 3.47. The van der Waals surface area contributed by atoms with Gasteiger partial charge in [0.1, 0.15) is 0 Å². The molecule has 0 spiro atoms. The quantitative estimate of drug-likeness (QED) is 0.449. The molecule has 0 amide bonds. The smallest absolute Gasteiger partial charge is 0.0702 e. The second kappa shape index (κ2) is 5.66. The Labute approximate surface area is 141 Å². The summed E-state index contributed by atoms with van der Waals surface area (Å²) in [7, 11) is 0. The summed E-state index contributed by atoms with van der Waals surface area (Å²) in [5.41, 5.74) is 3.86. The molecule has 4 rings (SSSR count). The second-order valence-electron chi connectivity index (χ2n) is 6.28. The molecular weight excluding hydrogens is 294 g/mol. The van der Waals surface area contributed by atoms with Gasteiger partial charge in [0.2, 0.25) is 0 Å². The SMILES string of the molecule is Cc1cc(N(O)c2cc(C)c3ccccc3c2)cc2ccccc12. The van der Waals surface area contributed by atoms with Crippen LogP contribution in [0.3, 0.4) is 0 Å². The minimum Gasteiger partial charge on any atom is -0.284 e. The molecule has 0 unspecified atom stereocenters. The van der Waals surface area contributed by atoms with E-state index < -0.39 is 0 Å². The van der Waals surface area contributed by atoms with Crippen LogP contribution in [0.2, 0.25) is 0 Å². The summed E-state index contributed by atoms with van der Waals surface area (Å²) in [6, 6.07) is 24.6. The van der Waals surface area contributed by atoms with Crippen molar-refractivity contribution in [3.05, 3.63) is 83.9 Å². The minimum atomic E-state index is 0.779. The lowest BCUT2D eigenvalue weighted by atomic mass is 10.0. The Balaban J connectivity index is 1.85. The molecule has 0 aliphatic rings. The fourth-order valence-electron chi connectivity index (χ4n) is 3.36. The first-order valence-electron chi connectivity index (χ1n) is 8.11. The third kappa shape index (κ3) is 2.41. The van der Waals surface area contributed by atoms with Crippen LogP contribution in [0.4, 0.5) is 11.4 Å². The number of nitrogens with zero attached hydrogens (tertiary/aromatic N) is 1. The molecule has 0 aliphatic heterocycles. The predicted molar refractivity (Wildman–Crippen MR) is 101 cm³/mol. The van der Waals surface area contributed by atoms with Crippen molar-refractivity contribution in [3.8, 4) is 0 Å². The van der Waals surface area contributed by atoms with E-state index in [1.165, 1.54) is 15.8 Å². The molecule has 0 atom stereocenters. The van der Waals surface area contributed by atoms with Crippen LogP contribution in [0.5, 0.6) is 0 Å². The van der Waals surface area contributed by atoms with E-state index in [4.69, 9.17) is 0 Å². The first kappa shape index (κ1) is 14.7. The average molecular weight is 313 g/mol. The van der Waals surface area contributed by atoms with Gasteiger partial charge in [0.05, 0.1) is 11.4 Å². The summed E-state index contributed by atoms with van der Waals surface area (Å²) in [5.74, 6) is 0. The highest BCUT2D eigenvalue weighted by molar-refractivity contribution is 5.92. The Bertz CT molecular complexity index is 967. The molecule has 0 saturated heterocycles. The molecule has 2 nitrogen and oxygen atoms in total. The van der Waals surface area contributed by atoms with Crippen LogP contribution in [-0.4, -0.2) is 5.21 Å². The lowest BCUT2D eigenvalue weighted by Crippen LogP contribution is -2.11. The van der Waals surface area contributed by atoms with Crippen molar-refractivity contribution < 1.29 is 5.21 Å². The summed E-state index contributed by atoms with van der Waals surface area (Å²) < 4.78 is 0. The summed E-state index contributed by atoms with van der Waals surface area (Å²) in [5, 5.41) is 16.8. The monoisotopic (exact) mass is 313 g/mol. The van der Waals surface area contributed by atoms with Crippen molar-refractivity contribution in [2.75, 3.05) is 5.06 Å². The van der Waals surface area contributed by atoms with E-state index in [-0.39, 0.29) is 0 Å². The highest BCUT2D eigenvalue weighted by Crippen LogP contribution is 2.32. The summed E-state index contributed by atoms with van der Waals surface area (Å²) >= 11 is 0. The number of benzene rings is 4. The van der Waals surface area contributed by atoms with Gasteiger partial charge in [-0.05, 0) is 70.8 Å². The normalized spacial score (nSPS) is 11.1. The van der Waals surface area contributed by atoms with Crippen molar-refractivity contribution in [2.24, 2.45) is 0 Å². The summed E-state index contributed by atoms with van der Waals surface area (Å²) in [6.07, 6.45) is 0. The van der Waals surface area contributed by atoms with Gasteiger partial charge in [-0.1, -0.05) is 48.5 Å². The lowest BCUT2D eigenvalue weighted by Gasteiger charge is -2.20. The first-order chi connectivity index (χ1) is 11.6. The van der Waals surface area contributed by atoms with Crippen LogP contribution in [0, 0.1) is 13.8 Å². The van der Waals surface area contributed by atoms with Gasteiger partial charge >= 0.3 is 0 Å². The summed E-state index contributed by atoms with van der Waals surface area (Å²) in [6.45, 7) is 4.15.